The first-order chi connectivity index (χ1) is 10.3. The molecule has 1 aliphatic rings. The van der Waals surface area contributed by atoms with Crippen LogP contribution < -0.4 is 5.32 Å². The lowest BCUT2D eigenvalue weighted by Gasteiger charge is -2.25. The third-order valence-corrected chi connectivity index (χ3v) is 4.39. The summed E-state index contributed by atoms with van der Waals surface area (Å²) in [7, 11) is 0. The number of aryl methyl sites for hydroxylation is 1. The summed E-state index contributed by atoms with van der Waals surface area (Å²) in [6.45, 7) is 3.18. The Morgan fingerprint density at radius 1 is 1.19 bits per heavy atom. The number of hydrogen-bond donors (Lipinski definition) is 2. The van der Waals surface area contributed by atoms with Gasteiger partial charge in [-0.3, -0.25) is 0 Å². The highest BCUT2D eigenvalue weighted by Crippen LogP contribution is 2.35. The van der Waals surface area contributed by atoms with E-state index in [1.54, 1.807) is 0 Å². The second-order valence-electron chi connectivity index (χ2n) is 5.68. The molecule has 106 valence electrons. The van der Waals surface area contributed by atoms with Gasteiger partial charge in [-0.15, -0.1) is 0 Å². The highest BCUT2D eigenvalue weighted by atomic mass is 14.9. The van der Waals surface area contributed by atoms with E-state index in [9.17, 15) is 0 Å². The van der Waals surface area contributed by atoms with Crippen LogP contribution in [0, 0.1) is 0 Å². The lowest BCUT2D eigenvalue weighted by molar-refractivity contribution is 0.686. The second-order valence-corrected chi connectivity index (χ2v) is 5.68. The number of hydrogen-bond acceptors (Lipinski definition) is 2. The Kier molecular flexibility index (Phi) is 2.92. The summed E-state index contributed by atoms with van der Waals surface area (Å²) in [6, 6.07) is 15.1. The maximum Gasteiger partial charge on any atom is 0.114 e. The molecule has 21 heavy (non-hydrogen) atoms. The Labute approximate surface area is 124 Å². The molecule has 2 N–H and O–H groups in total. The van der Waals surface area contributed by atoms with Crippen molar-refractivity contribution in [1.29, 1.82) is 0 Å². The van der Waals surface area contributed by atoms with Gasteiger partial charge >= 0.3 is 0 Å². The minimum atomic E-state index is 0.361. The van der Waals surface area contributed by atoms with Gasteiger partial charge in [-0.2, -0.15) is 0 Å². The van der Waals surface area contributed by atoms with E-state index in [-0.39, 0.29) is 0 Å². The molecular weight excluding hydrogens is 258 g/mol. The molecule has 4 rings (SSSR count). The van der Waals surface area contributed by atoms with Gasteiger partial charge in [0.15, 0.2) is 0 Å². The lowest BCUT2D eigenvalue weighted by Crippen LogP contribution is -2.18. The van der Waals surface area contributed by atoms with Crippen LogP contribution in [-0.4, -0.2) is 16.5 Å². The molecule has 3 aromatic rings. The van der Waals surface area contributed by atoms with E-state index in [1.807, 2.05) is 0 Å². The minimum absolute atomic E-state index is 0.361. The van der Waals surface area contributed by atoms with Crippen molar-refractivity contribution in [2.45, 2.75) is 25.7 Å². The van der Waals surface area contributed by atoms with Gasteiger partial charge in [0.25, 0.3) is 0 Å². The number of imidazole rings is 1. The Bertz CT molecular complexity index is 788. The van der Waals surface area contributed by atoms with Crippen molar-refractivity contribution < 1.29 is 0 Å². The predicted octanol–water partition coefficient (Wildman–Crippen LogP) is 4.07. The highest BCUT2D eigenvalue weighted by Gasteiger charge is 2.23. The van der Waals surface area contributed by atoms with Crippen LogP contribution in [0.4, 0.5) is 5.69 Å². The average molecular weight is 277 g/mol. The van der Waals surface area contributed by atoms with Crippen molar-refractivity contribution in [3.63, 3.8) is 0 Å². The number of nitrogens with zero attached hydrogens (tertiary/aromatic N) is 1. The molecule has 1 atom stereocenters. The topological polar surface area (TPSA) is 40.7 Å². The Morgan fingerprint density at radius 3 is 3.00 bits per heavy atom. The van der Waals surface area contributed by atoms with E-state index in [1.165, 1.54) is 16.8 Å². The van der Waals surface area contributed by atoms with Gasteiger partial charge in [0.2, 0.25) is 0 Å². The zero-order valence-electron chi connectivity index (χ0n) is 12.2. The monoisotopic (exact) mass is 277 g/mol. The van der Waals surface area contributed by atoms with E-state index in [0.29, 0.717) is 5.92 Å². The first kappa shape index (κ1) is 12.5. The predicted molar refractivity (Wildman–Crippen MR) is 86.9 cm³/mol. The zero-order valence-corrected chi connectivity index (χ0v) is 12.2. The van der Waals surface area contributed by atoms with Crippen LogP contribution in [-0.2, 0) is 6.42 Å². The first-order valence-electron chi connectivity index (χ1n) is 7.66. The van der Waals surface area contributed by atoms with Crippen LogP contribution in [0.3, 0.4) is 0 Å². The fourth-order valence-corrected chi connectivity index (χ4v) is 3.21. The molecule has 2 aromatic carbocycles. The van der Waals surface area contributed by atoms with Gasteiger partial charge in [-0.05, 0) is 42.2 Å². The number of fused-ring (bicyclic) bond motifs is 2. The number of anilines is 1. The van der Waals surface area contributed by atoms with Gasteiger partial charge in [0.05, 0.1) is 11.0 Å². The maximum atomic E-state index is 4.83. The van der Waals surface area contributed by atoms with Crippen LogP contribution in [0.25, 0.3) is 11.0 Å². The fourth-order valence-electron chi connectivity index (χ4n) is 3.21. The Balaban J connectivity index is 1.80. The molecule has 0 spiro atoms. The minimum Gasteiger partial charge on any atom is -0.385 e. The van der Waals surface area contributed by atoms with E-state index in [4.69, 9.17) is 4.98 Å². The number of aromatic amines is 1. The van der Waals surface area contributed by atoms with Gasteiger partial charge in [-0.25, -0.2) is 4.98 Å². The highest BCUT2D eigenvalue weighted by molar-refractivity contribution is 5.76. The van der Waals surface area contributed by atoms with Gasteiger partial charge in [0, 0.05) is 18.2 Å². The molecular formula is C18H19N3. The van der Waals surface area contributed by atoms with Crippen molar-refractivity contribution >= 4 is 16.7 Å². The molecule has 1 unspecified atom stereocenters. The largest absolute Gasteiger partial charge is 0.385 e. The Hall–Kier alpha value is -2.29. The Morgan fingerprint density at radius 2 is 2.10 bits per heavy atom. The summed E-state index contributed by atoms with van der Waals surface area (Å²) in [5.41, 5.74) is 6.16. The van der Waals surface area contributed by atoms with Crippen LogP contribution >= 0.6 is 0 Å². The second kappa shape index (κ2) is 4.92. The quantitative estimate of drug-likeness (QED) is 0.741. The van der Waals surface area contributed by atoms with E-state index < -0.39 is 0 Å². The molecule has 0 amide bonds. The number of H-pyrrole nitrogens is 1. The molecule has 0 aliphatic carbocycles. The summed E-state index contributed by atoms with van der Waals surface area (Å²) < 4.78 is 0. The van der Waals surface area contributed by atoms with Gasteiger partial charge in [-0.1, -0.05) is 31.2 Å². The standard InChI is InChI=1S/C18H19N3/c1-2-12-7-8-16-17(11-12)21-18(20-16)14-9-10-19-15-6-4-3-5-13(14)15/h3-8,11,14,19H,2,9-10H2,1H3,(H,20,21). The normalized spacial score (nSPS) is 17.5. The molecule has 0 saturated heterocycles. The first-order valence-corrected chi connectivity index (χ1v) is 7.66. The molecule has 1 aliphatic heterocycles. The van der Waals surface area contributed by atoms with Crippen molar-refractivity contribution in [2.75, 3.05) is 11.9 Å². The number of rotatable bonds is 2. The van der Waals surface area contributed by atoms with Crippen LogP contribution in [0.15, 0.2) is 42.5 Å². The van der Waals surface area contributed by atoms with E-state index in [0.717, 1.165) is 36.2 Å². The van der Waals surface area contributed by atoms with Crippen LogP contribution in [0.5, 0.6) is 0 Å². The summed E-state index contributed by atoms with van der Waals surface area (Å²) in [6.07, 6.45) is 2.14. The zero-order chi connectivity index (χ0) is 14.2. The van der Waals surface area contributed by atoms with Gasteiger partial charge < -0.3 is 10.3 Å². The van der Waals surface area contributed by atoms with E-state index in [2.05, 4.69) is 59.7 Å². The third kappa shape index (κ3) is 2.09. The molecule has 0 bridgehead atoms. The molecule has 0 saturated carbocycles. The van der Waals surface area contributed by atoms with Crippen molar-refractivity contribution in [3.8, 4) is 0 Å². The van der Waals surface area contributed by atoms with Crippen LogP contribution in [0.2, 0.25) is 0 Å². The number of aromatic nitrogens is 2. The molecule has 0 radical (unpaired) electrons. The summed E-state index contributed by atoms with van der Waals surface area (Å²) in [5, 5.41) is 3.47. The molecule has 3 heteroatoms. The number of benzene rings is 2. The van der Waals surface area contributed by atoms with Crippen molar-refractivity contribution in [3.05, 3.63) is 59.4 Å². The van der Waals surface area contributed by atoms with Crippen LogP contribution in [0.1, 0.15) is 36.2 Å². The maximum absolute atomic E-state index is 4.83. The smallest absolute Gasteiger partial charge is 0.114 e. The third-order valence-electron chi connectivity index (χ3n) is 4.39. The average Bonchev–Trinajstić information content (AvgIpc) is 2.97. The molecule has 3 nitrogen and oxygen atoms in total. The van der Waals surface area contributed by atoms with Crippen molar-refractivity contribution in [1.82, 2.24) is 9.97 Å². The summed E-state index contributed by atoms with van der Waals surface area (Å²) in [5.74, 6) is 1.45. The van der Waals surface area contributed by atoms with Crippen molar-refractivity contribution in [2.24, 2.45) is 0 Å². The molecule has 1 aromatic heterocycles. The lowest BCUT2D eigenvalue weighted by atomic mass is 9.90. The van der Waals surface area contributed by atoms with Gasteiger partial charge in [0.1, 0.15) is 5.82 Å². The number of para-hydroxylation sites is 1. The van der Waals surface area contributed by atoms with E-state index >= 15 is 0 Å². The summed E-state index contributed by atoms with van der Waals surface area (Å²) >= 11 is 0. The summed E-state index contributed by atoms with van der Waals surface area (Å²) in [4.78, 5) is 8.37. The molecule has 2 heterocycles. The molecule has 0 fully saturated rings. The number of nitrogens with one attached hydrogen (secondary N) is 2. The fraction of sp³-hybridized carbons (Fsp3) is 0.278. The SMILES string of the molecule is CCc1ccc2nc(C3CCNc4ccccc43)[nH]c2c1.